The number of benzene rings is 1. The molecule has 23 heavy (non-hydrogen) atoms. The molecular formula is C16H12ClF3N2O. The van der Waals surface area contributed by atoms with Gasteiger partial charge in [0.2, 0.25) is 5.88 Å². The molecule has 0 atom stereocenters. The molecule has 0 saturated carbocycles. The van der Waals surface area contributed by atoms with Gasteiger partial charge in [-0.1, -0.05) is 29.8 Å². The number of para-hydroxylation sites is 1. The number of nitrogens with one attached hydrogen (secondary N) is 1. The number of pyridine rings is 1. The van der Waals surface area contributed by atoms with Gasteiger partial charge >= 0.3 is 6.18 Å². The van der Waals surface area contributed by atoms with E-state index in [1.54, 1.807) is 13.0 Å². The molecule has 3 rings (SSSR count). The van der Waals surface area contributed by atoms with Crippen LogP contribution in [0, 0.1) is 6.92 Å². The Kier molecular flexibility index (Phi) is 3.93. The topological polar surface area (TPSA) is 37.9 Å². The summed E-state index contributed by atoms with van der Waals surface area (Å²) in [7, 11) is 0. The van der Waals surface area contributed by atoms with Gasteiger partial charge in [0, 0.05) is 22.5 Å². The normalized spacial score (nSPS) is 11.9. The third kappa shape index (κ3) is 3.27. The third-order valence-corrected chi connectivity index (χ3v) is 3.75. The molecule has 2 aromatic heterocycles. The minimum Gasteiger partial charge on any atom is -0.468 e. The molecule has 0 aliphatic rings. The molecule has 0 unspecified atom stereocenters. The average Bonchev–Trinajstić information content (AvgIpc) is 2.82. The summed E-state index contributed by atoms with van der Waals surface area (Å²) in [5.74, 6) is -0.0733. The fourth-order valence-corrected chi connectivity index (χ4v) is 2.65. The monoisotopic (exact) mass is 340 g/mol. The molecule has 1 N–H and O–H groups in total. The molecule has 0 aliphatic heterocycles. The Morgan fingerprint density at radius 3 is 2.57 bits per heavy atom. The number of nitrogens with zero attached hydrogens (tertiary/aromatic N) is 1. The van der Waals surface area contributed by atoms with Crippen LogP contribution in [-0.4, -0.2) is 22.8 Å². The maximum atomic E-state index is 12.2. The highest BCUT2D eigenvalue weighted by molar-refractivity contribution is 6.38. The first kappa shape index (κ1) is 15.7. The summed E-state index contributed by atoms with van der Waals surface area (Å²) in [4.78, 5) is 7.27. The summed E-state index contributed by atoms with van der Waals surface area (Å²) in [5.41, 5.74) is 2.80. The van der Waals surface area contributed by atoms with Crippen LogP contribution in [0.3, 0.4) is 0 Å². The van der Waals surface area contributed by atoms with Crippen molar-refractivity contribution >= 4 is 22.5 Å². The summed E-state index contributed by atoms with van der Waals surface area (Å²) in [5, 5.41) is 1.43. The van der Waals surface area contributed by atoms with E-state index in [2.05, 4.69) is 14.7 Å². The lowest BCUT2D eigenvalue weighted by Crippen LogP contribution is -2.19. The van der Waals surface area contributed by atoms with Gasteiger partial charge in [-0.05, 0) is 19.1 Å². The SMILES string of the molecule is Cc1nc(OCC(F)(F)F)ccc1-c1[nH]c2ccccc2c1Cl. The fourth-order valence-electron chi connectivity index (χ4n) is 2.33. The molecule has 1 aromatic carbocycles. The Labute approximate surface area is 135 Å². The minimum absolute atomic E-state index is 0.0733. The van der Waals surface area contributed by atoms with Crippen LogP contribution in [0.4, 0.5) is 13.2 Å². The van der Waals surface area contributed by atoms with Crippen molar-refractivity contribution in [2.24, 2.45) is 0 Å². The first-order valence-corrected chi connectivity index (χ1v) is 7.17. The number of rotatable bonds is 3. The number of hydrogen-bond acceptors (Lipinski definition) is 2. The lowest BCUT2D eigenvalue weighted by atomic mass is 10.1. The zero-order chi connectivity index (χ0) is 16.6. The molecule has 0 radical (unpaired) electrons. The molecule has 120 valence electrons. The smallest absolute Gasteiger partial charge is 0.422 e. The summed E-state index contributed by atoms with van der Waals surface area (Å²) in [6.07, 6.45) is -4.39. The van der Waals surface area contributed by atoms with Crippen LogP contribution >= 0.6 is 11.6 Å². The van der Waals surface area contributed by atoms with Crippen molar-refractivity contribution in [3.8, 4) is 17.1 Å². The Bertz CT molecular complexity index is 858. The van der Waals surface area contributed by atoms with Gasteiger partial charge in [-0.3, -0.25) is 0 Å². The van der Waals surface area contributed by atoms with Crippen LogP contribution < -0.4 is 4.74 Å². The largest absolute Gasteiger partial charge is 0.468 e. The standard InChI is InChI=1S/C16H12ClF3N2O/c1-9-10(6-7-13(21-9)23-8-16(18,19)20)15-14(17)11-4-2-3-5-12(11)22-15/h2-7,22H,8H2,1H3. The summed E-state index contributed by atoms with van der Waals surface area (Å²) in [6, 6.07) is 10.6. The number of ether oxygens (including phenoxy) is 1. The number of aryl methyl sites for hydroxylation is 1. The Hall–Kier alpha value is -2.21. The van der Waals surface area contributed by atoms with E-state index in [9.17, 15) is 13.2 Å². The van der Waals surface area contributed by atoms with E-state index >= 15 is 0 Å². The Balaban J connectivity index is 1.95. The number of aromatic nitrogens is 2. The van der Waals surface area contributed by atoms with Gasteiger partial charge in [-0.25, -0.2) is 4.98 Å². The van der Waals surface area contributed by atoms with Crippen molar-refractivity contribution in [3.63, 3.8) is 0 Å². The molecular weight excluding hydrogens is 329 g/mol. The molecule has 0 spiro atoms. The molecule has 0 saturated heterocycles. The quantitative estimate of drug-likeness (QED) is 0.717. The number of aromatic amines is 1. The number of hydrogen-bond donors (Lipinski definition) is 1. The average molecular weight is 341 g/mol. The second-order valence-corrected chi connectivity index (χ2v) is 5.42. The second kappa shape index (κ2) is 5.77. The highest BCUT2D eigenvalue weighted by Crippen LogP contribution is 2.35. The van der Waals surface area contributed by atoms with Crippen molar-refractivity contribution in [2.75, 3.05) is 6.61 Å². The van der Waals surface area contributed by atoms with Crippen molar-refractivity contribution in [3.05, 3.63) is 47.1 Å². The van der Waals surface area contributed by atoms with E-state index in [1.807, 2.05) is 24.3 Å². The number of alkyl halides is 3. The van der Waals surface area contributed by atoms with Crippen LogP contribution in [-0.2, 0) is 0 Å². The van der Waals surface area contributed by atoms with E-state index in [-0.39, 0.29) is 5.88 Å². The van der Waals surface area contributed by atoms with Gasteiger partial charge in [0.1, 0.15) is 0 Å². The van der Waals surface area contributed by atoms with Crippen LogP contribution in [0.1, 0.15) is 5.69 Å². The second-order valence-electron chi connectivity index (χ2n) is 5.05. The van der Waals surface area contributed by atoms with E-state index < -0.39 is 12.8 Å². The highest BCUT2D eigenvalue weighted by Gasteiger charge is 2.28. The van der Waals surface area contributed by atoms with Gasteiger partial charge in [0.25, 0.3) is 0 Å². The predicted molar refractivity (Wildman–Crippen MR) is 82.8 cm³/mol. The van der Waals surface area contributed by atoms with Gasteiger partial charge in [0.05, 0.1) is 16.4 Å². The van der Waals surface area contributed by atoms with Crippen LogP contribution in [0.2, 0.25) is 5.02 Å². The number of halogens is 4. The highest BCUT2D eigenvalue weighted by atomic mass is 35.5. The number of H-pyrrole nitrogens is 1. The van der Waals surface area contributed by atoms with Crippen LogP contribution in [0.15, 0.2) is 36.4 Å². The zero-order valence-electron chi connectivity index (χ0n) is 12.0. The van der Waals surface area contributed by atoms with Gasteiger partial charge < -0.3 is 9.72 Å². The molecule has 0 amide bonds. The van der Waals surface area contributed by atoms with E-state index in [0.29, 0.717) is 22.0 Å². The maximum Gasteiger partial charge on any atom is 0.422 e. The minimum atomic E-state index is -4.39. The van der Waals surface area contributed by atoms with Crippen molar-refractivity contribution in [1.29, 1.82) is 0 Å². The summed E-state index contributed by atoms with van der Waals surface area (Å²) in [6.45, 7) is 0.323. The molecule has 0 fully saturated rings. The lowest BCUT2D eigenvalue weighted by molar-refractivity contribution is -0.154. The first-order chi connectivity index (χ1) is 10.8. The molecule has 3 aromatic rings. The summed E-state index contributed by atoms with van der Waals surface area (Å²) >= 11 is 6.39. The van der Waals surface area contributed by atoms with Crippen molar-refractivity contribution in [2.45, 2.75) is 13.1 Å². The molecule has 0 bridgehead atoms. The third-order valence-electron chi connectivity index (χ3n) is 3.36. The molecule has 3 nitrogen and oxygen atoms in total. The van der Waals surface area contributed by atoms with Crippen LogP contribution in [0.5, 0.6) is 5.88 Å². The fraction of sp³-hybridized carbons (Fsp3) is 0.188. The molecule has 7 heteroatoms. The summed E-state index contributed by atoms with van der Waals surface area (Å²) < 4.78 is 41.2. The van der Waals surface area contributed by atoms with Crippen molar-refractivity contribution < 1.29 is 17.9 Å². The zero-order valence-corrected chi connectivity index (χ0v) is 12.8. The van der Waals surface area contributed by atoms with Crippen molar-refractivity contribution in [1.82, 2.24) is 9.97 Å². The van der Waals surface area contributed by atoms with Gasteiger partial charge in [-0.2, -0.15) is 13.2 Å². The molecule has 2 heterocycles. The number of fused-ring (bicyclic) bond motifs is 1. The lowest BCUT2D eigenvalue weighted by Gasteiger charge is -2.10. The Morgan fingerprint density at radius 1 is 1.17 bits per heavy atom. The maximum absolute atomic E-state index is 12.2. The van der Waals surface area contributed by atoms with Gasteiger partial charge in [0.15, 0.2) is 6.61 Å². The predicted octanol–water partition coefficient (Wildman–Crippen LogP) is 5.13. The van der Waals surface area contributed by atoms with E-state index in [1.165, 1.54) is 6.07 Å². The first-order valence-electron chi connectivity index (χ1n) is 6.79. The van der Waals surface area contributed by atoms with E-state index in [0.717, 1.165) is 10.9 Å². The molecule has 0 aliphatic carbocycles. The van der Waals surface area contributed by atoms with Gasteiger partial charge in [-0.15, -0.1) is 0 Å². The van der Waals surface area contributed by atoms with Crippen LogP contribution in [0.25, 0.3) is 22.2 Å². The van der Waals surface area contributed by atoms with E-state index in [4.69, 9.17) is 11.6 Å². The Morgan fingerprint density at radius 2 is 1.91 bits per heavy atom.